The second-order valence-corrected chi connectivity index (χ2v) is 3.60. The van der Waals surface area contributed by atoms with Crippen LogP contribution < -0.4 is 5.73 Å². The molecule has 0 radical (unpaired) electrons. The number of para-hydroxylation sites is 1. The van der Waals surface area contributed by atoms with Gasteiger partial charge >= 0.3 is 0 Å². The molecule has 0 aromatic heterocycles. The molecule has 0 aliphatic rings. The largest absolute Gasteiger partial charge is 0.398 e. The van der Waals surface area contributed by atoms with Gasteiger partial charge in [-0.3, -0.25) is 0 Å². The zero-order chi connectivity index (χ0) is 11.3. The minimum absolute atomic E-state index is 0.466. The summed E-state index contributed by atoms with van der Waals surface area (Å²) in [4.78, 5) is 0. The summed E-state index contributed by atoms with van der Waals surface area (Å²) in [6.07, 6.45) is 4.31. The number of hydrogen-bond donors (Lipinski definition) is 2. The Morgan fingerprint density at radius 1 is 1.20 bits per heavy atom. The van der Waals surface area contributed by atoms with Crippen LogP contribution >= 0.6 is 0 Å². The van der Waals surface area contributed by atoms with Crippen molar-refractivity contribution in [2.75, 3.05) is 5.73 Å². The molecule has 0 saturated heterocycles. The van der Waals surface area contributed by atoms with Crippen molar-refractivity contribution in [3.8, 4) is 0 Å². The molecule has 1 aromatic rings. The highest BCUT2D eigenvalue weighted by Crippen LogP contribution is 2.33. The monoisotopic (exact) mass is 203 g/mol. The standard InChI is InChI=1S/C13H17NO/c1-3-9-13(15,10-4-2)11-7-5-6-8-12(11)14/h3-8,15H,1-2,9-10,14H2. The summed E-state index contributed by atoms with van der Waals surface area (Å²) >= 11 is 0. The normalized spacial score (nSPS) is 11.0. The lowest BCUT2D eigenvalue weighted by Crippen LogP contribution is -2.25. The molecule has 2 heteroatoms. The molecule has 0 amide bonds. The first-order valence-corrected chi connectivity index (χ1v) is 4.93. The summed E-state index contributed by atoms with van der Waals surface area (Å²) in [5, 5.41) is 10.4. The molecule has 0 atom stereocenters. The van der Waals surface area contributed by atoms with Crippen LogP contribution in [0.25, 0.3) is 0 Å². The molecule has 2 nitrogen and oxygen atoms in total. The Kier molecular flexibility index (Phi) is 3.69. The molecular formula is C13H17NO. The lowest BCUT2D eigenvalue weighted by molar-refractivity contribution is 0.0438. The third-order valence-corrected chi connectivity index (χ3v) is 2.43. The fourth-order valence-corrected chi connectivity index (χ4v) is 1.70. The molecule has 0 unspecified atom stereocenters. The van der Waals surface area contributed by atoms with Crippen molar-refractivity contribution in [2.45, 2.75) is 18.4 Å². The van der Waals surface area contributed by atoms with Gasteiger partial charge in [-0.05, 0) is 18.9 Å². The van der Waals surface area contributed by atoms with Gasteiger partial charge in [-0.1, -0.05) is 30.4 Å². The molecule has 80 valence electrons. The van der Waals surface area contributed by atoms with E-state index < -0.39 is 5.60 Å². The highest BCUT2D eigenvalue weighted by atomic mass is 16.3. The Bertz CT molecular complexity index is 347. The quantitative estimate of drug-likeness (QED) is 0.570. The van der Waals surface area contributed by atoms with Crippen LogP contribution in [0.15, 0.2) is 49.6 Å². The van der Waals surface area contributed by atoms with E-state index in [0.29, 0.717) is 18.5 Å². The third kappa shape index (κ3) is 2.48. The summed E-state index contributed by atoms with van der Waals surface area (Å²) < 4.78 is 0. The molecule has 0 saturated carbocycles. The van der Waals surface area contributed by atoms with Gasteiger partial charge in [0, 0.05) is 11.3 Å². The smallest absolute Gasteiger partial charge is 0.0984 e. The van der Waals surface area contributed by atoms with Crippen molar-refractivity contribution >= 4 is 5.69 Å². The highest BCUT2D eigenvalue weighted by molar-refractivity contribution is 5.50. The molecule has 0 aliphatic carbocycles. The summed E-state index contributed by atoms with van der Waals surface area (Å²) in [6.45, 7) is 7.30. The Hall–Kier alpha value is -1.54. The third-order valence-electron chi connectivity index (χ3n) is 2.43. The van der Waals surface area contributed by atoms with Crippen LogP contribution in [0.2, 0.25) is 0 Å². The van der Waals surface area contributed by atoms with Crippen molar-refractivity contribution in [3.63, 3.8) is 0 Å². The zero-order valence-corrected chi connectivity index (χ0v) is 8.82. The second-order valence-electron chi connectivity index (χ2n) is 3.60. The van der Waals surface area contributed by atoms with Gasteiger partial charge in [-0.25, -0.2) is 0 Å². The summed E-state index contributed by atoms with van der Waals surface area (Å²) in [6, 6.07) is 7.33. The predicted octanol–water partition coefficient (Wildman–Crippen LogP) is 2.61. The molecule has 0 spiro atoms. The lowest BCUT2D eigenvalue weighted by atomic mass is 9.86. The topological polar surface area (TPSA) is 46.2 Å². The maximum atomic E-state index is 10.4. The number of anilines is 1. The van der Waals surface area contributed by atoms with E-state index in [2.05, 4.69) is 13.2 Å². The van der Waals surface area contributed by atoms with Crippen LogP contribution in [0.1, 0.15) is 18.4 Å². The number of nitrogen functional groups attached to an aromatic ring is 1. The van der Waals surface area contributed by atoms with E-state index in [-0.39, 0.29) is 0 Å². The van der Waals surface area contributed by atoms with E-state index in [4.69, 9.17) is 5.73 Å². The molecule has 0 bridgehead atoms. The molecular weight excluding hydrogens is 186 g/mol. The summed E-state index contributed by atoms with van der Waals surface area (Å²) in [5.74, 6) is 0. The molecule has 1 aromatic carbocycles. The Morgan fingerprint density at radius 3 is 2.20 bits per heavy atom. The van der Waals surface area contributed by atoms with E-state index >= 15 is 0 Å². The Morgan fingerprint density at radius 2 is 1.73 bits per heavy atom. The number of hydrogen-bond acceptors (Lipinski definition) is 2. The molecule has 0 heterocycles. The first kappa shape index (κ1) is 11.5. The van der Waals surface area contributed by atoms with Crippen LogP contribution in [0, 0.1) is 0 Å². The highest BCUT2D eigenvalue weighted by Gasteiger charge is 2.27. The van der Waals surface area contributed by atoms with E-state index in [9.17, 15) is 5.11 Å². The lowest BCUT2D eigenvalue weighted by Gasteiger charge is -2.27. The van der Waals surface area contributed by atoms with Gasteiger partial charge in [-0.15, -0.1) is 13.2 Å². The van der Waals surface area contributed by atoms with Crippen molar-refractivity contribution in [2.24, 2.45) is 0 Å². The minimum Gasteiger partial charge on any atom is -0.398 e. The second kappa shape index (κ2) is 4.80. The van der Waals surface area contributed by atoms with E-state index in [0.717, 1.165) is 5.56 Å². The van der Waals surface area contributed by atoms with Crippen molar-refractivity contribution in [1.29, 1.82) is 0 Å². The first-order valence-electron chi connectivity index (χ1n) is 4.93. The predicted molar refractivity (Wildman–Crippen MR) is 64.4 cm³/mol. The van der Waals surface area contributed by atoms with E-state index in [1.165, 1.54) is 0 Å². The Labute approximate surface area is 90.7 Å². The number of nitrogens with two attached hydrogens (primary N) is 1. The van der Waals surface area contributed by atoms with Gasteiger partial charge in [-0.2, -0.15) is 0 Å². The number of benzene rings is 1. The number of aliphatic hydroxyl groups is 1. The van der Waals surface area contributed by atoms with Crippen molar-refractivity contribution in [1.82, 2.24) is 0 Å². The van der Waals surface area contributed by atoms with Crippen LogP contribution in [-0.2, 0) is 5.60 Å². The van der Waals surface area contributed by atoms with Crippen molar-refractivity contribution in [3.05, 3.63) is 55.1 Å². The van der Waals surface area contributed by atoms with Crippen LogP contribution in [0.4, 0.5) is 5.69 Å². The van der Waals surface area contributed by atoms with Gasteiger partial charge in [0.05, 0.1) is 5.60 Å². The van der Waals surface area contributed by atoms with E-state index in [1.54, 1.807) is 18.2 Å². The van der Waals surface area contributed by atoms with Gasteiger partial charge in [0.2, 0.25) is 0 Å². The molecule has 0 fully saturated rings. The van der Waals surface area contributed by atoms with E-state index in [1.807, 2.05) is 18.2 Å². The average Bonchev–Trinajstić information content (AvgIpc) is 2.19. The van der Waals surface area contributed by atoms with Crippen LogP contribution in [0.3, 0.4) is 0 Å². The minimum atomic E-state index is -0.977. The van der Waals surface area contributed by atoms with Gasteiger partial charge in [0.1, 0.15) is 0 Å². The first-order chi connectivity index (χ1) is 7.14. The fraction of sp³-hybridized carbons (Fsp3) is 0.231. The zero-order valence-electron chi connectivity index (χ0n) is 8.82. The fourth-order valence-electron chi connectivity index (χ4n) is 1.70. The molecule has 0 aliphatic heterocycles. The molecule has 15 heavy (non-hydrogen) atoms. The molecule has 1 rings (SSSR count). The molecule has 3 N–H and O–H groups in total. The van der Waals surface area contributed by atoms with Gasteiger partial charge in [0.15, 0.2) is 0 Å². The average molecular weight is 203 g/mol. The maximum Gasteiger partial charge on any atom is 0.0984 e. The van der Waals surface area contributed by atoms with Gasteiger partial charge < -0.3 is 10.8 Å². The van der Waals surface area contributed by atoms with Crippen LogP contribution in [0.5, 0.6) is 0 Å². The van der Waals surface area contributed by atoms with Crippen molar-refractivity contribution < 1.29 is 5.11 Å². The Balaban J connectivity index is 3.13. The van der Waals surface area contributed by atoms with Crippen LogP contribution in [-0.4, -0.2) is 5.11 Å². The van der Waals surface area contributed by atoms with Gasteiger partial charge in [0.25, 0.3) is 0 Å². The summed E-state index contributed by atoms with van der Waals surface area (Å²) in [5.41, 5.74) is 6.20. The number of rotatable bonds is 5. The summed E-state index contributed by atoms with van der Waals surface area (Å²) in [7, 11) is 0. The SMILES string of the molecule is C=CCC(O)(CC=C)c1ccccc1N. The maximum absolute atomic E-state index is 10.4.